The van der Waals surface area contributed by atoms with Gasteiger partial charge in [-0.1, -0.05) is 58.9 Å². The van der Waals surface area contributed by atoms with Gasteiger partial charge in [0.05, 0.1) is 0 Å². The largest absolute Gasteiger partial charge is 0.617 e. The lowest BCUT2D eigenvalue weighted by Gasteiger charge is -2.56. The molecule has 0 aromatic rings. The Bertz CT molecular complexity index is 334. The first-order valence-electron chi connectivity index (χ1n) is 7.34. The highest BCUT2D eigenvalue weighted by atomic mass is 28.5. The van der Waals surface area contributed by atoms with Crippen molar-refractivity contribution in [2.45, 2.75) is 58.9 Å². The highest BCUT2D eigenvalue weighted by Gasteiger charge is 2.58. The summed E-state index contributed by atoms with van der Waals surface area (Å²) in [6, 6.07) is 0. The van der Waals surface area contributed by atoms with Crippen molar-refractivity contribution in [2.24, 2.45) is 0 Å². The van der Waals surface area contributed by atoms with Crippen molar-refractivity contribution >= 4 is 33.8 Å². The van der Waals surface area contributed by atoms with E-state index in [0.29, 0.717) is 0 Å². The molecule has 0 atom stereocenters. The molecule has 0 aliphatic heterocycles. The zero-order valence-electron chi connectivity index (χ0n) is 15.6. The van der Waals surface area contributed by atoms with Gasteiger partial charge in [-0.3, -0.25) is 9.35 Å². The van der Waals surface area contributed by atoms with Gasteiger partial charge in [-0.05, 0) is 0 Å². The first-order chi connectivity index (χ1) is 8.90. The van der Waals surface area contributed by atoms with Crippen LogP contribution in [0.4, 0.5) is 8.22 Å². The number of rotatable bonds is 7. The Kier molecular flexibility index (Phi) is 6.77. The monoisotopic (exact) mass is 372 g/mol. The van der Waals surface area contributed by atoms with Crippen molar-refractivity contribution in [1.82, 2.24) is 18.8 Å². The van der Waals surface area contributed by atoms with Crippen molar-refractivity contribution in [3.8, 4) is 0 Å². The fraction of sp³-hybridized carbons (Fsp3) is 1.00. The molecule has 0 aliphatic carbocycles. The molecule has 21 heavy (non-hydrogen) atoms. The van der Waals surface area contributed by atoms with Gasteiger partial charge < -0.3 is 0 Å². The van der Waals surface area contributed by atoms with Crippen LogP contribution < -0.4 is 5.09 Å². The van der Waals surface area contributed by atoms with E-state index in [1.165, 1.54) is 5.01 Å². The maximum absolute atomic E-state index is 15.1. The molecular weight excluding hydrogens is 338 g/mol. The predicted molar refractivity (Wildman–Crippen MR) is 98.5 cm³/mol. The number of hydrogen-bond donors (Lipinski definition) is 1. The Morgan fingerprint density at radius 3 is 1.10 bits per heavy atom. The summed E-state index contributed by atoms with van der Waals surface area (Å²) in [4.78, 5) is 0. The molecule has 10 heteroatoms. The highest BCUT2D eigenvalue weighted by molar-refractivity contribution is 6.93. The summed E-state index contributed by atoms with van der Waals surface area (Å²) < 4.78 is 33.9. The van der Waals surface area contributed by atoms with Crippen LogP contribution in [0.2, 0.25) is 58.9 Å². The number of hydrogen-bond acceptors (Lipinski definition) is 4. The van der Waals surface area contributed by atoms with Crippen LogP contribution in [-0.4, -0.2) is 61.6 Å². The lowest BCUT2D eigenvalue weighted by atomic mass is 11.2. The lowest BCUT2D eigenvalue weighted by Crippen LogP contribution is -2.80. The molecule has 0 bridgehead atoms. The van der Waals surface area contributed by atoms with Crippen LogP contribution >= 0.6 is 0 Å². The zero-order valence-corrected chi connectivity index (χ0v) is 19.6. The van der Waals surface area contributed by atoms with E-state index in [9.17, 15) is 0 Å². The van der Waals surface area contributed by atoms with Crippen LogP contribution in [0.15, 0.2) is 0 Å². The summed E-state index contributed by atoms with van der Waals surface area (Å²) in [5.74, 6) is 0. The van der Waals surface area contributed by atoms with Crippen LogP contribution in [0, 0.1) is 0 Å². The Balaban J connectivity index is 6.02. The van der Waals surface area contributed by atoms with Gasteiger partial charge in [-0.2, -0.15) is 0 Å². The minimum atomic E-state index is -4.75. The standard InChI is InChI=1S/C11H34F2N4Si4/c1-15(2)14-21(12,13)17(20(9,10)11)16(18(3,4)5)19(6,7)8/h14H,1-11H3. The van der Waals surface area contributed by atoms with Crippen LogP contribution in [-0.2, 0) is 0 Å². The van der Waals surface area contributed by atoms with Crippen LogP contribution in [0.5, 0.6) is 0 Å². The molecule has 1 N–H and O–H groups in total. The van der Waals surface area contributed by atoms with E-state index < -0.39 is 33.8 Å². The topological polar surface area (TPSA) is 21.8 Å². The van der Waals surface area contributed by atoms with Gasteiger partial charge in [0.15, 0.2) is 0 Å². The van der Waals surface area contributed by atoms with E-state index in [1.54, 1.807) is 18.4 Å². The summed E-state index contributed by atoms with van der Waals surface area (Å²) in [6.45, 7) is 19.0. The van der Waals surface area contributed by atoms with Crippen LogP contribution in [0.3, 0.4) is 0 Å². The van der Waals surface area contributed by atoms with Crippen molar-refractivity contribution in [3.05, 3.63) is 0 Å². The average Bonchev–Trinajstić information content (AvgIpc) is 2.04. The molecule has 0 spiro atoms. The molecule has 0 rings (SSSR count). The maximum atomic E-state index is 15.1. The second kappa shape index (κ2) is 6.59. The van der Waals surface area contributed by atoms with E-state index >= 15 is 8.22 Å². The molecule has 128 valence electrons. The quantitative estimate of drug-likeness (QED) is 0.420. The molecule has 0 saturated heterocycles. The molecule has 0 aromatic heterocycles. The summed E-state index contributed by atoms with van der Waals surface area (Å²) in [5, 5.41) is 3.85. The Hall–Kier alpha value is 0.568. The molecule has 0 radical (unpaired) electrons. The van der Waals surface area contributed by atoms with Gasteiger partial charge in [0.25, 0.3) is 0 Å². The van der Waals surface area contributed by atoms with E-state index in [-0.39, 0.29) is 0 Å². The van der Waals surface area contributed by atoms with Gasteiger partial charge >= 0.3 is 9.06 Å². The highest BCUT2D eigenvalue weighted by Crippen LogP contribution is 2.31. The fourth-order valence-corrected chi connectivity index (χ4v) is 23.2. The zero-order chi connectivity index (χ0) is 17.4. The number of halogens is 2. The first-order valence-corrected chi connectivity index (χ1v) is 19.4. The molecule has 0 saturated carbocycles. The molecular formula is C11H34F2N4Si4. The second-order valence-electron chi connectivity index (χ2n) is 8.68. The molecule has 0 aromatic carbocycles. The van der Waals surface area contributed by atoms with Crippen molar-refractivity contribution in [2.75, 3.05) is 14.1 Å². The van der Waals surface area contributed by atoms with Crippen LogP contribution in [0.25, 0.3) is 0 Å². The summed E-state index contributed by atoms with van der Waals surface area (Å²) in [7, 11) is -7.50. The molecule has 4 nitrogen and oxygen atoms in total. The van der Waals surface area contributed by atoms with Crippen LogP contribution in [0.1, 0.15) is 0 Å². The first kappa shape index (κ1) is 21.6. The molecule has 0 amide bonds. The lowest BCUT2D eigenvalue weighted by molar-refractivity contribution is 0.223. The fourth-order valence-electron chi connectivity index (χ4n) is 2.77. The molecule has 0 unspecified atom stereocenters. The second-order valence-corrected chi connectivity index (χ2v) is 25.6. The number of nitrogens with one attached hydrogen (secondary N) is 1. The Labute approximate surface area is 134 Å². The number of nitrogens with zero attached hydrogens (tertiary/aromatic N) is 3. The number of hydrazine groups is 2. The van der Waals surface area contributed by atoms with Gasteiger partial charge in [-0.15, -0.1) is 0 Å². The van der Waals surface area contributed by atoms with Gasteiger partial charge in [-0.25, -0.2) is 17.6 Å². The Morgan fingerprint density at radius 1 is 0.619 bits per heavy atom. The average molecular weight is 373 g/mol. The van der Waals surface area contributed by atoms with Crippen molar-refractivity contribution in [3.63, 3.8) is 0 Å². The van der Waals surface area contributed by atoms with E-state index in [0.717, 1.165) is 0 Å². The minimum Gasteiger partial charge on any atom is -0.291 e. The van der Waals surface area contributed by atoms with Crippen molar-refractivity contribution in [1.29, 1.82) is 0 Å². The van der Waals surface area contributed by atoms with Gasteiger partial charge in [0, 0.05) is 14.1 Å². The van der Waals surface area contributed by atoms with E-state index in [4.69, 9.17) is 0 Å². The maximum Gasteiger partial charge on any atom is 0.617 e. The molecule has 0 aliphatic rings. The SMILES string of the molecule is CN(C)N[Si](F)(F)N(N([Si](C)(C)C)[Si](C)(C)C)[Si](C)(C)C. The third kappa shape index (κ3) is 6.29. The predicted octanol–water partition coefficient (Wildman–Crippen LogP) is 3.45. The summed E-state index contributed by atoms with van der Waals surface area (Å²) >= 11 is 0. The third-order valence-corrected chi connectivity index (χ3v) is 16.3. The molecule has 0 heterocycles. The van der Waals surface area contributed by atoms with Gasteiger partial charge in [0.1, 0.15) is 24.7 Å². The summed E-state index contributed by atoms with van der Waals surface area (Å²) in [6.07, 6.45) is 0. The van der Waals surface area contributed by atoms with E-state index in [1.807, 2.05) is 19.6 Å². The van der Waals surface area contributed by atoms with E-state index in [2.05, 4.69) is 48.7 Å². The normalized spacial score (nSPS) is 15.4. The van der Waals surface area contributed by atoms with Crippen molar-refractivity contribution < 1.29 is 8.22 Å². The Morgan fingerprint density at radius 2 is 0.905 bits per heavy atom. The minimum absolute atomic E-state index is 1.39. The molecule has 0 fully saturated rings. The smallest absolute Gasteiger partial charge is 0.291 e. The van der Waals surface area contributed by atoms with Gasteiger partial charge in [0.2, 0.25) is 0 Å². The summed E-state index contributed by atoms with van der Waals surface area (Å²) in [5.41, 5.74) is 0. The third-order valence-electron chi connectivity index (χ3n) is 2.73.